The quantitative estimate of drug-likeness (QED) is 0.759. The molecule has 0 spiro atoms. The summed E-state index contributed by atoms with van der Waals surface area (Å²) in [7, 11) is 2.26. The van der Waals surface area contributed by atoms with E-state index in [9.17, 15) is 0 Å². The van der Waals surface area contributed by atoms with Gasteiger partial charge in [-0.3, -0.25) is 0 Å². The molecule has 1 aromatic carbocycles. The van der Waals surface area contributed by atoms with E-state index < -0.39 is 0 Å². The maximum absolute atomic E-state index is 3.51. The predicted molar refractivity (Wildman–Crippen MR) is 73.0 cm³/mol. The number of nitrogens with zero attached hydrogens (tertiary/aromatic N) is 1. The summed E-state index contributed by atoms with van der Waals surface area (Å²) in [5.41, 5.74) is 1.37. The van der Waals surface area contributed by atoms with Crippen molar-refractivity contribution in [3.05, 3.63) is 35.9 Å². The third-order valence-electron chi connectivity index (χ3n) is 3.76. The van der Waals surface area contributed by atoms with Crippen LogP contribution in [0.3, 0.4) is 0 Å². The summed E-state index contributed by atoms with van der Waals surface area (Å²) in [5.74, 6) is 0. The summed E-state index contributed by atoms with van der Waals surface area (Å²) in [6.07, 6.45) is 5.64. The van der Waals surface area contributed by atoms with Gasteiger partial charge in [0, 0.05) is 25.7 Å². The smallest absolute Gasteiger partial charge is 0.0206 e. The molecule has 0 atom stereocenters. The molecule has 1 N–H and O–H groups in total. The first-order valence-electron chi connectivity index (χ1n) is 6.81. The fourth-order valence-electron chi connectivity index (χ4n) is 2.61. The van der Waals surface area contributed by atoms with Crippen LogP contribution in [0.15, 0.2) is 30.3 Å². The number of hydrogen-bond donors (Lipinski definition) is 1. The first kappa shape index (κ1) is 12.6. The number of benzene rings is 1. The van der Waals surface area contributed by atoms with E-state index in [0.29, 0.717) is 0 Å². The van der Waals surface area contributed by atoms with Crippen LogP contribution in [0.5, 0.6) is 0 Å². The van der Waals surface area contributed by atoms with Crippen LogP contribution in [-0.4, -0.2) is 31.1 Å². The standard InChI is InChI=1S/C15H24N2/c1-17(15-9-5-6-10-15)12-11-16-13-14-7-3-2-4-8-14/h2-4,7-8,15-16H,5-6,9-13H2,1H3. The minimum absolute atomic E-state index is 0.841. The predicted octanol–water partition coefficient (Wildman–Crippen LogP) is 2.65. The maximum atomic E-state index is 3.51. The van der Waals surface area contributed by atoms with Crippen molar-refractivity contribution in [3.8, 4) is 0 Å². The van der Waals surface area contributed by atoms with Crippen molar-refractivity contribution in [1.29, 1.82) is 0 Å². The molecule has 1 aromatic rings. The van der Waals surface area contributed by atoms with E-state index >= 15 is 0 Å². The molecule has 0 radical (unpaired) electrons. The lowest BCUT2D eigenvalue weighted by Gasteiger charge is -2.23. The van der Waals surface area contributed by atoms with E-state index in [1.165, 1.54) is 31.2 Å². The minimum Gasteiger partial charge on any atom is -0.311 e. The van der Waals surface area contributed by atoms with Crippen molar-refractivity contribution in [2.75, 3.05) is 20.1 Å². The average Bonchev–Trinajstić information content (AvgIpc) is 2.89. The zero-order valence-corrected chi connectivity index (χ0v) is 10.9. The summed E-state index contributed by atoms with van der Waals surface area (Å²) in [6.45, 7) is 3.23. The molecule has 17 heavy (non-hydrogen) atoms. The molecule has 1 aliphatic carbocycles. The van der Waals surface area contributed by atoms with Gasteiger partial charge in [-0.05, 0) is 25.5 Å². The van der Waals surface area contributed by atoms with Gasteiger partial charge in [0.1, 0.15) is 0 Å². The van der Waals surface area contributed by atoms with Crippen LogP contribution < -0.4 is 5.32 Å². The summed E-state index contributed by atoms with van der Waals surface area (Å²) in [6, 6.07) is 11.5. The molecule has 2 heteroatoms. The lowest BCUT2D eigenvalue weighted by Crippen LogP contribution is -2.35. The topological polar surface area (TPSA) is 15.3 Å². The highest BCUT2D eigenvalue weighted by molar-refractivity contribution is 5.14. The van der Waals surface area contributed by atoms with Gasteiger partial charge in [0.15, 0.2) is 0 Å². The van der Waals surface area contributed by atoms with Gasteiger partial charge in [-0.1, -0.05) is 43.2 Å². The lowest BCUT2D eigenvalue weighted by atomic mass is 10.2. The largest absolute Gasteiger partial charge is 0.311 e. The van der Waals surface area contributed by atoms with Crippen LogP contribution in [0, 0.1) is 0 Å². The highest BCUT2D eigenvalue weighted by Crippen LogP contribution is 2.21. The monoisotopic (exact) mass is 232 g/mol. The normalized spacial score (nSPS) is 16.8. The average molecular weight is 232 g/mol. The summed E-state index contributed by atoms with van der Waals surface area (Å²) in [5, 5.41) is 3.51. The first-order valence-corrected chi connectivity index (χ1v) is 6.81. The minimum atomic E-state index is 0.841. The molecule has 0 aromatic heterocycles. The van der Waals surface area contributed by atoms with Gasteiger partial charge in [-0.2, -0.15) is 0 Å². The summed E-state index contributed by atoms with van der Waals surface area (Å²) < 4.78 is 0. The van der Waals surface area contributed by atoms with E-state index in [-0.39, 0.29) is 0 Å². The van der Waals surface area contributed by atoms with Gasteiger partial charge in [-0.25, -0.2) is 0 Å². The molecule has 2 rings (SSSR count). The molecular weight excluding hydrogens is 208 g/mol. The number of rotatable bonds is 6. The fourth-order valence-corrected chi connectivity index (χ4v) is 2.61. The Labute approximate surface area is 105 Å². The third-order valence-corrected chi connectivity index (χ3v) is 3.76. The van der Waals surface area contributed by atoms with Crippen molar-refractivity contribution in [3.63, 3.8) is 0 Å². The van der Waals surface area contributed by atoms with Gasteiger partial charge in [0.2, 0.25) is 0 Å². The van der Waals surface area contributed by atoms with Gasteiger partial charge in [-0.15, -0.1) is 0 Å². The van der Waals surface area contributed by atoms with Crippen LogP contribution in [0.4, 0.5) is 0 Å². The molecule has 1 fully saturated rings. The number of nitrogens with one attached hydrogen (secondary N) is 1. The molecule has 0 unspecified atom stereocenters. The third kappa shape index (κ3) is 4.14. The van der Waals surface area contributed by atoms with Gasteiger partial charge < -0.3 is 10.2 Å². The highest BCUT2D eigenvalue weighted by atomic mass is 15.1. The second-order valence-electron chi connectivity index (χ2n) is 5.08. The van der Waals surface area contributed by atoms with Crippen molar-refractivity contribution in [2.24, 2.45) is 0 Å². The van der Waals surface area contributed by atoms with Crippen molar-refractivity contribution >= 4 is 0 Å². The fraction of sp³-hybridized carbons (Fsp3) is 0.600. The van der Waals surface area contributed by atoms with Crippen LogP contribution >= 0.6 is 0 Å². The zero-order chi connectivity index (χ0) is 11.9. The van der Waals surface area contributed by atoms with Crippen LogP contribution in [0.25, 0.3) is 0 Å². The van der Waals surface area contributed by atoms with E-state index in [1.54, 1.807) is 0 Å². The number of hydrogen-bond acceptors (Lipinski definition) is 2. The Morgan fingerprint density at radius 3 is 2.59 bits per heavy atom. The van der Waals surface area contributed by atoms with Crippen LogP contribution in [0.1, 0.15) is 31.2 Å². The molecule has 0 aliphatic heterocycles. The van der Waals surface area contributed by atoms with Crippen molar-refractivity contribution in [1.82, 2.24) is 10.2 Å². The highest BCUT2D eigenvalue weighted by Gasteiger charge is 2.18. The van der Waals surface area contributed by atoms with Gasteiger partial charge in [0.05, 0.1) is 0 Å². The Bertz CT molecular complexity index is 304. The summed E-state index contributed by atoms with van der Waals surface area (Å²) in [4.78, 5) is 2.52. The van der Waals surface area contributed by atoms with E-state index in [1.807, 2.05) is 0 Å². The second kappa shape index (κ2) is 6.77. The van der Waals surface area contributed by atoms with Crippen LogP contribution in [0.2, 0.25) is 0 Å². The SMILES string of the molecule is CN(CCNCc1ccccc1)C1CCCC1. The van der Waals surface area contributed by atoms with Crippen molar-refractivity contribution < 1.29 is 0 Å². The molecule has 0 saturated heterocycles. The zero-order valence-electron chi connectivity index (χ0n) is 10.9. The van der Waals surface area contributed by atoms with E-state index in [4.69, 9.17) is 0 Å². The Hall–Kier alpha value is -0.860. The molecule has 1 saturated carbocycles. The summed E-state index contributed by atoms with van der Waals surface area (Å²) >= 11 is 0. The second-order valence-corrected chi connectivity index (χ2v) is 5.08. The molecule has 94 valence electrons. The van der Waals surface area contributed by atoms with Crippen LogP contribution in [-0.2, 0) is 6.54 Å². The Kier molecular flexibility index (Phi) is 5.02. The Balaban J connectivity index is 1.59. The lowest BCUT2D eigenvalue weighted by molar-refractivity contribution is 0.245. The number of likely N-dealkylation sites (N-methyl/N-ethyl adjacent to an activating group) is 1. The Morgan fingerprint density at radius 1 is 1.18 bits per heavy atom. The molecule has 2 nitrogen and oxygen atoms in total. The molecule has 1 aliphatic rings. The van der Waals surface area contributed by atoms with E-state index in [0.717, 1.165) is 25.7 Å². The Morgan fingerprint density at radius 2 is 1.88 bits per heavy atom. The molecule has 0 heterocycles. The van der Waals surface area contributed by atoms with Gasteiger partial charge in [0.25, 0.3) is 0 Å². The first-order chi connectivity index (χ1) is 8.36. The molecular formula is C15H24N2. The van der Waals surface area contributed by atoms with Crippen molar-refractivity contribution in [2.45, 2.75) is 38.3 Å². The molecule has 0 bridgehead atoms. The van der Waals surface area contributed by atoms with Gasteiger partial charge >= 0.3 is 0 Å². The maximum Gasteiger partial charge on any atom is 0.0206 e. The van der Waals surface area contributed by atoms with E-state index in [2.05, 4.69) is 47.6 Å². The molecule has 0 amide bonds.